The molecule has 0 radical (unpaired) electrons. The van der Waals surface area contributed by atoms with Gasteiger partial charge in [0.15, 0.2) is 5.78 Å². The number of Topliss-reactive ketones (excluding diaryl/α,β-unsaturated/α-hetero) is 1. The molecule has 1 aromatic heterocycles. The number of methoxy groups -OCH3 is 1. The lowest BCUT2D eigenvalue weighted by Crippen LogP contribution is -2.45. The molecule has 22 nitrogen and oxygen atoms in total. The summed E-state index contributed by atoms with van der Waals surface area (Å²) in [6.45, 7) is 27.4. The fourth-order valence-corrected chi connectivity index (χ4v) is 17.6. The number of halogens is 2. The van der Waals surface area contributed by atoms with Gasteiger partial charge in [-0.1, -0.05) is 120 Å². The van der Waals surface area contributed by atoms with E-state index in [0.717, 1.165) is 102 Å². The van der Waals surface area contributed by atoms with E-state index in [0.29, 0.717) is 101 Å². The number of phenols is 1. The maximum atomic E-state index is 14.6. The van der Waals surface area contributed by atoms with E-state index < -0.39 is 46.5 Å². The van der Waals surface area contributed by atoms with Crippen molar-refractivity contribution in [2.24, 2.45) is 33.1 Å². The zero-order valence-electron chi connectivity index (χ0n) is 74.4. The van der Waals surface area contributed by atoms with Gasteiger partial charge < -0.3 is 69.6 Å². The molecule has 1 saturated heterocycles. The zero-order chi connectivity index (χ0) is 91.6. The fraction of sp³-hybridized carbons (Fsp3) is 0.373. The number of hydrogen-bond donors (Lipinski definition) is 7. The molecule has 2 saturated carbocycles. The van der Waals surface area contributed by atoms with Crippen LogP contribution in [-0.2, 0) is 43.2 Å². The topological polar surface area (TPSA) is 323 Å². The van der Waals surface area contributed by atoms with Crippen LogP contribution in [0.1, 0.15) is 188 Å². The van der Waals surface area contributed by atoms with Gasteiger partial charge in [-0.15, -0.1) is 0 Å². The lowest BCUT2D eigenvalue weighted by atomic mass is 9.55. The number of carbonyl (C=O) groups excluding carboxylic acids is 3. The molecule has 24 heteroatoms. The summed E-state index contributed by atoms with van der Waals surface area (Å²) in [5.74, 6) is -0.0666. The highest BCUT2D eigenvalue weighted by molar-refractivity contribution is 6.14. The number of aromatic carboxylic acids is 2. The smallest absolute Gasteiger partial charge is 0.341 e. The number of fused-ring (bicyclic) bond motifs is 8. The van der Waals surface area contributed by atoms with Crippen LogP contribution in [0.15, 0.2) is 196 Å². The largest absolute Gasteiger partial charge is 0.508 e. The lowest BCUT2D eigenvalue weighted by Gasteiger charge is -2.50. The molecule has 8 N–H and O–H groups in total. The number of likely N-dealkylation sites (N-methyl/N-ethyl adjacent to an activating group) is 1. The Balaban J connectivity index is 0.000000159. The van der Waals surface area contributed by atoms with Crippen molar-refractivity contribution in [3.63, 3.8) is 0 Å². The highest BCUT2D eigenvalue weighted by Crippen LogP contribution is 2.62. The number of hydrogen-bond acceptors (Lipinski definition) is 18. The van der Waals surface area contributed by atoms with Gasteiger partial charge in [0, 0.05) is 114 Å². The lowest BCUT2D eigenvalue weighted by molar-refractivity contribution is -0.154. The third kappa shape index (κ3) is 23.5. The Kier molecular flexibility index (Phi) is 32.9. The van der Waals surface area contributed by atoms with Crippen LogP contribution >= 0.6 is 11.8 Å². The van der Waals surface area contributed by atoms with E-state index in [-0.39, 0.29) is 46.4 Å². The molecule has 15 rings (SSSR count). The van der Waals surface area contributed by atoms with Gasteiger partial charge >= 0.3 is 29.8 Å². The number of carboxylic acid groups (broad SMARTS) is 3. The predicted octanol–water partition coefficient (Wildman–Crippen LogP) is 20.3. The molecule has 3 fully saturated rings. The van der Waals surface area contributed by atoms with Gasteiger partial charge in [0.25, 0.3) is 0 Å². The van der Waals surface area contributed by atoms with Crippen LogP contribution < -0.4 is 31.5 Å². The number of aryl methyl sites for hydroxylation is 5. The number of aliphatic hydroxyl groups is 1. The molecule has 3 heterocycles. The second-order valence-electron chi connectivity index (χ2n) is 34.4. The molecule has 0 spiro atoms. The van der Waals surface area contributed by atoms with Crippen LogP contribution in [0.4, 0.5) is 27.1 Å². The number of nitrogens with one attached hydrogen (secondary N) is 1. The first-order valence-electron chi connectivity index (χ1n) is 42.9. The van der Waals surface area contributed by atoms with Gasteiger partial charge in [-0.2, -0.15) is 4.51 Å². The molecule has 6 aliphatic rings. The molecule has 2 aliphatic heterocycles. The summed E-state index contributed by atoms with van der Waals surface area (Å²) in [7, 11) is 3.39. The number of benzene rings is 9. The van der Waals surface area contributed by atoms with Gasteiger partial charge in [-0.3, -0.25) is 19.2 Å². The number of aliphatic carboxylic acids is 1. The van der Waals surface area contributed by atoms with E-state index in [9.17, 15) is 48.2 Å². The number of nitrogens with zero attached hydrogens (tertiary/aromatic N) is 4. The number of esters is 2. The van der Waals surface area contributed by atoms with Crippen molar-refractivity contribution >= 4 is 92.0 Å². The molecule has 4 aliphatic carbocycles. The number of carbonyl (C=O) groups is 6. The number of ketones is 1. The van der Waals surface area contributed by atoms with Gasteiger partial charge in [-0.25, -0.2) is 18.8 Å². The number of ether oxygens (including phenoxy) is 3. The van der Waals surface area contributed by atoms with Crippen LogP contribution in [-0.4, -0.2) is 130 Å². The molecule has 666 valence electrons. The van der Waals surface area contributed by atoms with Gasteiger partial charge in [0.1, 0.15) is 46.9 Å². The normalized spacial score (nSPS) is 17.3. The summed E-state index contributed by atoms with van der Waals surface area (Å²) in [5, 5.41) is 50.5. The standard InChI is InChI=1S/C21H15ClN2O3.C20H26O3.C17H20FN3O3.C16H24O3.C15H15NO2.C13H18O2/c1-26-21(25)15-5-3-2-4-14(15)20-16-8-6-12(23)10-18(16)27-19-11-13(24-22)7-9-17(19)20;1-12(21)23-19-8-7-18-17-5-3-13-11-14(22)4-6-15(13)16(17)9-10-20(18,19)2;1-3-20-10-12(17(23)24)16(22)11-8-13(18)15(9-14(11)20)21-6-4-19(2)5-7-21;1-12-6-7-13(2)14(10-12)19-9-5-8-16(3,4)15(18)11-17;1-10-6-5-9-13(11(10)2)16-14-8-4-3-7-12(14)15(17)18;1-9(2)8-11-4-6-12(7-5-11)10(3)13(14)15/h2-11H,23H2,1H3;4,6,11,16-19,22H,3,5,7-10H2,1-2H3;8-10H,3-7H2,1-2H3,(H,23,24);6-7,10,17H,5,8-9,11H2,1-4H3;3-9,16H,1-2H3,(H,17,18);4-7,9-10H,8H2,1-3H3,(H,14,15)/t;16-,17-,18+,19+,20+;;;;/m.1..../s1. The van der Waals surface area contributed by atoms with Gasteiger partial charge in [0.2, 0.25) is 5.43 Å². The number of piperazine rings is 1. The molecule has 6 atom stereocenters. The second-order valence-corrected chi connectivity index (χ2v) is 34.6. The van der Waals surface area contributed by atoms with Crippen molar-refractivity contribution in [3.8, 4) is 33.9 Å². The Morgan fingerprint density at radius 3 is 2.10 bits per heavy atom. The third-order valence-electron chi connectivity index (χ3n) is 24.9. The molecular formula is C102H118ClFN6O16. The van der Waals surface area contributed by atoms with Crippen molar-refractivity contribution in [1.29, 1.82) is 0 Å². The minimum absolute atomic E-state index is 0.104. The third-order valence-corrected chi connectivity index (χ3v) is 25.1. The SMILES string of the molecule is CC(=O)O[C@H]1CC[C@H]2[C@@H]3CCc4cc(O)ccc4[C@H]3CC[C@]12C.CC(C)Cc1ccc(C(C)C(=O)O)cc1.CCn1cc(C(=O)O)c(=O)c2cc(F)c(N3CCN(C)CC3)cc21.COC(=O)c1ccccc1-c1c2ccc(=NCl)cc-2oc2cc(N)ccc12.Cc1ccc(C)c(OCCCC(C)(C)C(=O)CO)c1.Cc1cccc(Nc2ccccc2C(=O)O)c1C. The van der Waals surface area contributed by atoms with Crippen LogP contribution in [0.3, 0.4) is 0 Å². The van der Waals surface area contributed by atoms with E-state index in [1.807, 2.05) is 157 Å². The molecule has 8 aromatic carbocycles. The average molecular weight is 1740 g/mol. The number of nitrogen functional groups attached to an aromatic ring is 1. The Hall–Kier alpha value is -12.2. The molecule has 126 heavy (non-hydrogen) atoms. The van der Waals surface area contributed by atoms with E-state index in [1.54, 1.807) is 72.2 Å². The van der Waals surface area contributed by atoms with Crippen LogP contribution in [0, 0.1) is 62.1 Å². The highest BCUT2D eigenvalue weighted by Gasteiger charge is 2.56. The predicted molar refractivity (Wildman–Crippen MR) is 494 cm³/mol. The molecule has 1 unspecified atom stereocenters. The summed E-state index contributed by atoms with van der Waals surface area (Å²) in [6.07, 6.45) is 10.8. The Bertz CT molecular complexity index is 5840. The summed E-state index contributed by atoms with van der Waals surface area (Å²) >= 11 is 5.62. The first kappa shape index (κ1) is 96.0. The zero-order valence-corrected chi connectivity index (χ0v) is 75.2. The second kappa shape index (κ2) is 43.1. The molecule has 0 amide bonds. The molecule has 0 bridgehead atoms. The van der Waals surface area contributed by atoms with Crippen molar-refractivity contribution in [1.82, 2.24) is 9.47 Å². The van der Waals surface area contributed by atoms with Crippen molar-refractivity contribution in [3.05, 3.63) is 265 Å². The summed E-state index contributed by atoms with van der Waals surface area (Å²) in [6, 6.07) is 53.8. The summed E-state index contributed by atoms with van der Waals surface area (Å²) in [4.78, 5) is 84.9. The van der Waals surface area contributed by atoms with Gasteiger partial charge in [0.05, 0.1) is 53.0 Å². The number of rotatable bonds is 20. The monoisotopic (exact) mass is 1740 g/mol. The minimum Gasteiger partial charge on any atom is -0.508 e. The Morgan fingerprint density at radius 2 is 1.44 bits per heavy atom. The summed E-state index contributed by atoms with van der Waals surface area (Å²) in [5.41, 5.74) is 21.1. The van der Waals surface area contributed by atoms with E-state index in [2.05, 4.69) is 47.6 Å². The maximum Gasteiger partial charge on any atom is 0.341 e. The van der Waals surface area contributed by atoms with Crippen LogP contribution in [0.25, 0.3) is 44.3 Å². The number of aromatic hydroxyl groups is 1. The number of para-hydroxylation sites is 1. The Morgan fingerprint density at radius 1 is 0.746 bits per heavy atom. The number of phenolic OH excluding ortho intramolecular Hbond substituents is 1. The van der Waals surface area contributed by atoms with Crippen molar-refractivity contribution < 1.29 is 77.3 Å². The van der Waals surface area contributed by atoms with Crippen LogP contribution in [0.2, 0.25) is 0 Å². The number of aromatic nitrogens is 1. The first-order valence-corrected chi connectivity index (χ1v) is 43.3. The molecular weight excluding hydrogens is 1620 g/mol. The number of anilines is 4. The molecule has 9 aromatic rings. The van der Waals surface area contributed by atoms with Crippen molar-refractivity contribution in [2.75, 3.05) is 69.5 Å². The quantitative estimate of drug-likeness (QED) is 0.0161. The number of nitrogens with two attached hydrogens (primary N) is 1. The van der Waals surface area contributed by atoms with Crippen LogP contribution in [0.5, 0.6) is 11.5 Å². The number of carboxylic acids is 3. The number of pyridine rings is 1. The fourth-order valence-electron chi connectivity index (χ4n) is 17.5. The highest BCUT2D eigenvalue weighted by atomic mass is 35.5. The van der Waals surface area contributed by atoms with Crippen molar-refractivity contribution in [2.45, 2.75) is 165 Å². The first-order chi connectivity index (χ1) is 60.0. The van der Waals surface area contributed by atoms with E-state index >= 15 is 0 Å². The average Bonchev–Trinajstić information content (AvgIpc) is 1.50. The maximum absolute atomic E-state index is 14.6. The number of aliphatic hydroxyl groups excluding tert-OH is 1. The van der Waals surface area contributed by atoms with Gasteiger partial charge in [-0.05, 0) is 259 Å². The summed E-state index contributed by atoms with van der Waals surface area (Å²) < 4.78 is 42.4. The minimum atomic E-state index is -1.30. The van der Waals surface area contributed by atoms with E-state index in [4.69, 9.17) is 51.5 Å². The Labute approximate surface area is 741 Å². The van der Waals surface area contributed by atoms with E-state index in [1.165, 1.54) is 73.4 Å².